The molecule has 0 spiro atoms. The number of nitrogens with zero attached hydrogens (tertiary/aromatic N) is 3. The molecule has 1 aliphatic heterocycles. The van der Waals surface area contributed by atoms with Crippen LogP contribution in [0.15, 0.2) is 0 Å². The fourth-order valence-electron chi connectivity index (χ4n) is 3.14. The summed E-state index contributed by atoms with van der Waals surface area (Å²) in [5, 5.41) is 13.9. The third-order valence-corrected chi connectivity index (χ3v) is 5.83. The van der Waals surface area contributed by atoms with Crippen LogP contribution in [-0.4, -0.2) is 82.2 Å². The molecule has 0 bridgehead atoms. The molecule has 8 nitrogen and oxygen atoms in total. The molecule has 2 N–H and O–H groups in total. The van der Waals surface area contributed by atoms with E-state index < -0.39 is 17.7 Å². The smallest absolute Gasteiger partial charge is 0.320 e. The summed E-state index contributed by atoms with van der Waals surface area (Å²) in [7, 11) is 1.78. The van der Waals surface area contributed by atoms with Crippen LogP contribution in [0, 0.1) is 13.8 Å². The summed E-state index contributed by atoms with van der Waals surface area (Å²) >= 11 is 1.45. The van der Waals surface area contributed by atoms with E-state index in [9.17, 15) is 14.7 Å². The number of aliphatic hydroxyl groups excluding tert-OH is 1. The van der Waals surface area contributed by atoms with Crippen molar-refractivity contribution in [2.75, 3.05) is 32.0 Å². The van der Waals surface area contributed by atoms with E-state index in [4.69, 9.17) is 4.74 Å². The number of ether oxygens (including phenoxy) is 1. The standard InChI is InChI=1S/C19H32N4O4S/c1-11-13(3)28-18(20-11)21-17(26)12(2)23-8-14(15(24)9-23)22(7)10-16(25)27-19(4,5)6/h12,14-15,24H,8-10H2,1-7H3,(H,20,21,26)/t12?,14?,15-/m1/s1. The predicted molar refractivity (Wildman–Crippen MR) is 110 cm³/mol. The molecule has 3 atom stereocenters. The Labute approximate surface area is 170 Å². The summed E-state index contributed by atoms with van der Waals surface area (Å²) < 4.78 is 5.35. The van der Waals surface area contributed by atoms with Gasteiger partial charge in [0.25, 0.3) is 0 Å². The molecule has 1 amide bonds. The van der Waals surface area contributed by atoms with Gasteiger partial charge >= 0.3 is 5.97 Å². The summed E-state index contributed by atoms with van der Waals surface area (Å²) in [6, 6.07) is -0.661. The third kappa shape index (κ3) is 5.97. The second kappa shape index (κ2) is 8.86. The zero-order chi connectivity index (χ0) is 21.2. The average Bonchev–Trinajstić information content (AvgIpc) is 3.07. The lowest BCUT2D eigenvalue weighted by atomic mass is 10.2. The van der Waals surface area contributed by atoms with Crippen LogP contribution in [0.1, 0.15) is 38.3 Å². The van der Waals surface area contributed by atoms with Gasteiger partial charge in [-0.05, 0) is 48.6 Å². The molecule has 0 saturated carbocycles. The largest absolute Gasteiger partial charge is 0.459 e. The number of amides is 1. The second-order valence-corrected chi connectivity index (χ2v) is 9.62. The van der Waals surface area contributed by atoms with Crippen molar-refractivity contribution in [2.45, 2.75) is 65.3 Å². The normalized spacial score (nSPS) is 21.8. The number of anilines is 1. The van der Waals surface area contributed by atoms with Crippen molar-refractivity contribution in [3.05, 3.63) is 10.6 Å². The number of β-amino-alcohol motifs (C(OH)–C–C–N with tert-alkyl or cyclic N) is 1. The molecule has 158 valence electrons. The van der Waals surface area contributed by atoms with Crippen LogP contribution < -0.4 is 5.32 Å². The molecule has 2 unspecified atom stereocenters. The third-order valence-electron chi connectivity index (χ3n) is 4.84. The Kier molecular flexibility index (Phi) is 7.19. The Morgan fingerprint density at radius 2 is 2.04 bits per heavy atom. The maximum Gasteiger partial charge on any atom is 0.320 e. The molecule has 2 heterocycles. The average molecular weight is 413 g/mol. The van der Waals surface area contributed by atoms with Crippen LogP contribution >= 0.6 is 11.3 Å². The highest BCUT2D eigenvalue weighted by molar-refractivity contribution is 7.15. The molecule has 2 rings (SSSR count). The van der Waals surface area contributed by atoms with Crippen molar-refractivity contribution in [1.82, 2.24) is 14.8 Å². The van der Waals surface area contributed by atoms with Crippen LogP contribution in [0.3, 0.4) is 0 Å². The quantitative estimate of drug-likeness (QED) is 0.682. The van der Waals surface area contributed by atoms with E-state index in [1.165, 1.54) is 11.3 Å². The number of likely N-dealkylation sites (tertiary alicyclic amines) is 1. The van der Waals surface area contributed by atoms with Crippen LogP contribution in [0.25, 0.3) is 0 Å². The number of rotatable bonds is 6. The number of carbonyl (C=O) groups is 2. The van der Waals surface area contributed by atoms with E-state index in [-0.39, 0.29) is 24.5 Å². The predicted octanol–water partition coefficient (Wildman–Crippen LogP) is 1.41. The maximum atomic E-state index is 12.6. The molecule has 1 aliphatic rings. The van der Waals surface area contributed by atoms with Crippen molar-refractivity contribution in [1.29, 1.82) is 0 Å². The topological polar surface area (TPSA) is 95.0 Å². The number of carbonyl (C=O) groups excluding carboxylic acids is 2. The SMILES string of the molecule is Cc1nc(NC(=O)C(C)N2CC(N(C)CC(=O)OC(C)(C)C)[C@H](O)C2)sc1C. The molecule has 28 heavy (non-hydrogen) atoms. The van der Waals surface area contributed by atoms with E-state index in [0.717, 1.165) is 10.6 Å². The minimum absolute atomic E-state index is 0.0884. The first-order chi connectivity index (χ1) is 12.9. The van der Waals surface area contributed by atoms with Crippen LogP contribution in [0.5, 0.6) is 0 Å². The number of hydrogen-bond donors (Lipinski definition) is 2. The van der Waals surface area contributed by atoms with Crippen molar-refractivity contribution in [2.24, 2.45) is 0 Å². The number of aliphatic hydroxyl groups is 1. The van der Waals surface area contributed by atoms with Crippen molar-refractivity contribution in [3.8, 4) is 0 Å². The number of aryl methyl sites for hydroxylation is 2. The summed E-state index contributed by atoms with van der Waals surface area (Å²) in [4.78, 5) is 33.8. The molecule has 1 saturated heterocycles. The van der Waals surface area contributed by atoms with Crippen LogP contribution in [0.4, 0.5) is 5.13 Å². The summed E-state index contributed by atoms with van der Waals surface area (Å²) in [5.74, 6) is -0.489. The summed E-state index contributed by atoms with van der Waals surface area (Å²) in [5.41, 5.74) is 0.366. The van der Waals surface area contributed by atoms with Gasteiger partial charge in [0, 0.05) is 24.0 Å². The van der Waals surface area contributed by atoms with Crippen molar-refractivity contribution < 1.29 is 19.4 Å². The monoisotopic (exact) mass is 412 g/mol. The highest BCUT2D eigenvalue weighted by atomic mass is 32.1. The Hall–Kier alpha value is -1.55. The Morgan fingerprint density at radius 1 is 1.39 bits per heavy atom. The van der Waals surface area contributed by atoms with Gasteiger partial charge in [-0.1, -0.05) is 0 Å². The van der Waals surface area contributed by atoms with Gasteiger partial charge in [-0.15, -0.1) is 11.3 Å². The number of hydrogen-bond acceptors (Lipinski definition) is 8. The lowest BCUT2D eigenvalue weighted by Gasteiger charge is -2.28. The first-order valence-electron chi connectivity index (χ1n) is 9.46. The van der Waals surface area contributed by atoms with E-state index in [1.54, 1.807) is 11.9 Å². The van der Waals surface area contributed by atoms with Gasteiger partial charge in [0.05, 0.1) is 24.4 Å². The molecule has 1 aromatic heterocycles. The Bertz CT molecular complexity index is 696. The van der Waals surface area contributed by atoms with Gasteiger partial charge in [-0.2, -0.15) is 0 Å². The van der Waals surface area contributed by atoms with Gasteiger partial charge < -0.3 is 15.2 Å². The number of likely N-dealkylation sites (N-methyl/N-ethyl adjacent to an activating group) is 1. The first-order valence-corrected chi connectivity index (χ1v) is 10.3. The maximum absolute atomic E-state index is 12.6. The fraction of sp³-hybridized carbons (Fsp3) is 0.737. The Morgan fingerprint density at radius 3 is 2.57 bits per heavy atom. The molecule has 9 heteroatoms. The molecule has 1 aromatic rings. The summed E-state index contributed by atoms with van der Waals surface area (Å²) in [6.07, 6.45) is -0.646. The number of nitrogens with one attached hydrogen (secondary N) is 1. The van der Waals surface area contributed by atoms with Crippen LogP contribution in [0.2, 0.25) is 0 Å². The van der Waals surface area contributed by atoms with E-state index in [0.29, 0.717) is 18.2 Å². The minimum Gasteiger partial charge on any atom is -0.459 e. The van der Waals surface area contributed by atoms with Crippen molar-refractivity contribution in [3.63, 3.8) is 0 Å². The lowest BCUT2D eigenvalue weighted by Crippen LogP contribution is -2.45. The van der Waals surface area contributed by atoms with Gasteiger partial charge in [0.2, 0.25) is 5.91 Å². The fourth-order valence-corrected chi connectivity index (χ4v) is 3.96. The zero-order valence-corrected chi connectivity index (χ0v) is 18.6. The van der Waals surface area contributed by atoms with Gasteiger partial charge in [-0.3, -0.25) is 19.4 Å². The van der Waals surface area contributed by atoms with Gasteiger partial charge in [0.1, 0.15) is 5.60 Å². The van der Waals surface area contributed by atoms with Gasteiger partial charge in [0.15, 0.2) is 5.13 Å². The first kappa shape index (κ1) is 22.7. The minimum atomic E-state index is -0.646. The molecular weight excluding hydrogens is 380 g/mol. The highest BCUT2D eigenvalue weighted by Crippen LogP contribution is 2.23. The van der Waals surface area contributed by atoms with Gasteiger partial charge in [-0.25, -0.2) is 4.98 Å². The lowest BCUT2D eigenvalue weighted by molar-refractivity contribution is -0.156. The Balaban J connectivity index is 1.92. The van der Waals surface area contributed by atoms with Crippen LogP contribution in [-0.2, 0) is 14.3 Å². The number of aromatic nitrogens is 1. The molecule has 0 aliphatic carbocycles. The molecule has 0 aromatic carbocycles. The van der Waals surface area contributed by atoms with E-state index in [1.807, 2.05) is 46.4 Å². The zero-order valence-electron chi connectivity index (χ0n) is 17.8. The molecule has 1 fully saturated rings. The highest BCUT2D eigenvalue weighted by Gasteiger charge is 2.38. The van der Waals surface area contributed by atoms with Crippen molar-refractivity contribution >= 4 is 28.3 Å². The molecule has 0 radical (unpaired) electrons. The van der Waals surface area contributed by atoms with E-state index >= 15 is 0 Å². The second-order valence-electron chi connectivity index (χ2n) is 8.42. The van der Waals surface area contributed by atoms with E-state index in [2.05, 4.69) is 10.3 Å². The number of esters is 1. The molecular formula is C19H32N4O4S. The number of thiazole rings is 1. The summed E-state index contributed by atoms with van der Waals surface area (Å²) in [6.45, 7) is 12.1.